The Balaban J connectivity index is 4.48. The number of hydrogen-bond donors (Lipinski definition) is 3. The first-order chi connectivity index (χ1) is 21.2. The zero-order valence-corrected chi connectivity index (χ0v) is 28.5. The van der Waals surface area contributed by atoms with Gasteiger partial charge in [-0.15, -0.1) is 0 Å². The van der Waals surface area contributed by atoms with Gasteiger partial charge in [-0.2, -0.15) is 0 Å². The van der Waals surface area contributed by atoms with Gasteiger partial charge >= 0.3 is 19.8 Å². The van der Waals surface area contributed by atoms with Gasteiger partial charge in [-0.25, -0.2) is 4.57 Å². The first kappa shape index (κ1) is 42.7. The van der Waals surface area contributed by atoms with Crippen LogP contribution in [0.25, 0.3) is 0 Å². The Morgan fingerprint density at radius 3 is 1.73 bits per heavy atom. The number of allylic oxidation sites excluding steroid dienone is 1. The molecule has 11 heteroatoms. The number of hydrogen-bond acceptors (Lipinski definition) is 9. The Bertz CT molecular complexity index is 761. The predicted octanol–water partition coefficient (Wildman–Crippen LogP) is 7.72. The van der Waals surface area contributed by atoms with E-state index >= 15 is 0 Å². The van der Waals surface area contributed by atoms with Gasteiger partial charge in [0.05, 0.1) is 26.2 Å². The first-order valence-corrected chi connectivity index (χ1v) is 18.6. The van der Waals surface area contributed by atoms with E-state index in [9.17, 15) is 24.2 Å². The second kappa shape index (κ2) is 30.4. The van der Waals surface area contributed by atoms with E-state index in [1.165, 1.54) is 83.5 Å². The van der Waals surface area contributed by atoms with E-state index in [0.29, 0.717) is 6.42 Å². The molecule has 10 nitrogen and oxygen atoms in total. The Morgan fingerprint density at radius 1 is 0.682 bits per heavy atom. The van der Waals surface area contributed by atoms with Gasteiger partial charge in [0.25, 0.3) is 0 Å². The number of phosphoric ester groups is 1. The van der Waals surface area contributed by atoms with Crippen LogP contribution in [0.3, 0.4) is 0 Å². The molecule has 0 aliphatic carbocycles. The van der Waals surface area contributed by atoms with E-state index < -0.39 is 51.8 Å². The Morgan fingerprint density at radius 2 is 1.18 bits per heavy atom. The van der Waals surface area contributed by atoms with Crippen molar-refractivity contribution in [3.63, 3.8) is 0 Å². The van der Waals surface area contributed by atoms with Crippen LogP contribution < -0.4 is 0 Å². The van der Waals surface area contributed by atoms with Crippen molar-refractivity contribution in [3.8, 4) is 0 Å². The maximum atomic E-state index is 12.4. The van der Waals surface area contributed by atoms with Crippen LogP contribution in [0.1, 0.15) is 149 Å². The molecule has 1 unspecified atom stereocenters. The molecule has 260 valence electrons. The third-order valence-corrected chi connectivity index (χ3v) is 8.15. The molecule has 3 atom stereocenters. The maximum absolute atomic E-state index is 12.4. The monoisotopic (exact) mass is 650 g/mol. The van der Waals surface area contributed by atoms with E-state index in [0.717, 1.165) is 32.1 Å². The molecule has 3 N–H and O–H groups in total. The van der Waals surface area contributed by atoms with Crippen LogP contribution in [0.15, 0.2) is 12.2 Å². The van der Waals surface area contributed by atoms with Gasteiger partial charge < -0.3 is 24.6 Å². The quantitative estimate of drug-likeness (QED) is 0.0286. The molecule has 0 radical (unpaired) electrons. The van der Waals surface area contributed by atoms with Crippen LogP contribution in [0.5, 0.6) is 0 Å². The third kappa shape index (κ3) is 29.4. The third-order valence-electron chi connectivity index (χ3n) is 7.20. The zero-order valence-electron chi connectivity index (χ0n) is 27.6. The van der Waals surface area contributed by atoms with Crippen LogP contribution in [-0.2, 0) is 32.7 Å². The van der Waals surface area contributed by atoms with Gasteiger partial charge in [-0.1, -0.05) is 129 Å². The highest BCUT2D eigenvalue weighted by Crippen LogP contribution is 2.43. The lowest BCUT2D eigenvalue weighted by molar-refractivity contribution is -0.160. The Hall–Kier alpha value is -1.29. The smallest absolute Gasteiger partial charge is 0.461 e. The number of phosphoric acid groups is 1. The molecule has 0 aliphatic rings. The number of carbonyl (C=O) groups is 2. The van der Waals surface area contributed by atoms with E-state index in [1.807, 2.05) is 6.08 Å². The van der Waals surface area contributed by atoms with Crippen LogP contribution in [0.4, 0.5) is 0 Å². The lowest BCUT2D eigenvalue weighted by Gasteiger charge is -2.20. The molecular weight excluding hydrogens is 587 g/mol. The number of carbonyl (C=O) groups excluding carboxylic acids is 2. The normalized spacial score (nSPS) is 14.4. The van der Waals surface area contributed by atoms with Crippen molar-refractivity contribution in [3.05, 3.63) is 12.2 Å². The molecule has 0 fully saturated rings. The molecule has 0 saturated carbocycles. The van der Waals surface area contributed by atoms with Gasteiger partial charge in [-0.05, 0) is 19.3 Å². The number of rotatable bonds is 32. The van der Waals surface area contributed by atoms with Crippen LogP contribution in [0.2, 0.25) is 0 Å². The first-order valence-electron chi connectivity index (χ1n) is 17.1. The summed E-state index contributed by atoms with van der Waals surface area (Å²) in [6, 6.07) is 0. The van der Waals surface area contributed by atoms with E-state index in [-0.39, 0.29) is 19.4 Å². The van der Waals surface area contributed by atoms with Crippen LogP contribution in [-0.4, -0.2) is 65.7 Å². The Labute approximate surface area is 266 Å². The molecule has 0 saturated heterocycles. The van der Waals surface area contributed by atoms with Crippen LogP contribution in [0, 0.1) is 0 Å². The van der Waals surface area contributed by atoms with Gasteiger partial charge in [0.1, 0.15) is 12.7 Å². The number of unbranched alkanes of at least 4 members (excludes halogenated alkanes) is 17. The summed E-state index contributed by atoms with van der Waals surface area (Å²) >= 11 is 0. The Kier molecular flexibility index (Phi) is 29.5. The lowest BCUT2D eigenvalue weighted by Crippen LogP contribution is -2.29. The number of ether oxygens (including phenoxy) is 2. The summed E-state index contributed by atoms with van der Waals surface area (Å²) in [6.45, 7) is 2.27. The minimum absolute atomic E-state index is 0.0673. The van der Waals surface area contributed by atoms with Crippen molar-refractivity contribution in [2.75, 3.05) is 26.4 Å². The molecule has 0 rings (SSSR count). The minimum Gasteiger partial charge on any atom is -0.461 e. The standard InChI is InChI=1S/C33H63O10P/c1-3-5-7-9-11-13-15-17-18-20-22-24-32(36)40-28-31(29-42-44(38,39)41-27-30(35)26-34)43-33(37)25-23-21-19-16-14-12-10-8-6-4-2/h20,22,30-31,34-35H,3-19,21,23-29H2,1-2H3,(H,38,39)/b22-20+/t30-,31+/m0/s1. The topological polar surface area (TPSA) is 149 Å². The summed E-state index contributed by atoms with van der Waals surface area (Å²) in [5.74, 6) is -1.02. The molecule has 0 aromatic heterocycles. The summed E-state index contributed by atoms with van der Waals surface area (Å²) in [5.41, 5.74) is 0. The summed E-state index contributed by atoms with van der Waals surface area (Å²) in [5, 5.41) is 18.2. The molecular formula is C33H63O10P. The molecule has 44 heavy (non-hydrogen) atoms. The number of aliphatic hydroxyl groups excluding tert-OH is 2. The molecule has 0 aromatic rings. The second-order valence-electron chi connectivity index (χ2n) is 11.6. The molecule has 0 aliphatic heterocycles. The van der Waals surface area contributed by atoms with Gasteiger partial charge in [0.2, 0.25) is 0 Å². The van der Waals surface area contributed by atoms with Gasteiger partial charge in [0.15, 0.2) is 6.10 Å². The zero-order chi connectivity index (χ0) is 32.7. The number of aliphatic hydroxyl groups is 2. The van der Waals surface area contributed by atoms with Crippen molar-refractivity contribution in [2.45, 2.75) is 161 Å². The highest BCUT2D eigenvalue weighted by Gasteiger charge is 2.27. The maximum Gasteiger partial charge on any atom is 0.472 e. The number of esters is 2. The van der Waals surface area contributed by atoms with Gasteiger partial charge in [0, 0.05) is 6.42 Å². The molecule has 0 spiro atoms. The van der Waals surface area contributed by atoms with E-state index in [2.05, 4.69) is 18.4 Å². The molecule has 0 aromatic carbocycles. The summed E-state index contributed by atoms with van der Waals surface area (Å²) in [4.78, 5) is 34.5. The second-order valence-corrected chi connectivity index (χ2v) is 13.0. The SMILES string of the molecule is CCCCCCCCCC/C=C/CC(=O)OC[C@H](COP(=O)(O)OC[C@@H](O)CO)OC(=O)CCCCCCCCCCCC. The summed E-state index contributed by atoms with van der Waals surface area (Å²) < 4.78 is 32.3. The van der Waals surface area contributed by atoms with Crippen molar-refractivity contribution < 1.29 is 47.8 Å². The highest BCUT2D eigenvalue weighted by atomic mass is 31.2. The summed E-state index contributed by atoms with van der Waals surface area (Å²) in [6.07, 6.45) is 23.6. The highest BCUT2D eigenvalue weighted by molar-refractivity contribution is 7.47. The van der Waals surface area contributed by atoms with Crippen molar-refractivity contribution >= 4 is 19.8 Å². The van der Waals surface area contributed by atoms with Crippen molar-refractivity contribution in [1.29, 1.82) is 0 Å². The fourth-order valence-electron chi connectivity index (χ4n) is 4.50. The molecule has 0 amide bonds. The van der Waals surface area contributed by atoms with E-state index in [4.69, 9.17) is 19.1 Å². The average molecular weight is 651 g/mol. The van der Waals surface area contributed by atoms with Gasteiger partial charge in [-0.3, -0.25) is 18.6 Å². The fourth-order valence-corrected chi connectivity index (χ4v) is 5.29. The molecule has 0 bridgehead atoms. The lowest BCUT2D eigenvalue weighted by atomic mass is 10.1. The van der Waals surface area contributed by atoms with E-state index in [1.54, 1.807) is 6.08 Å². The van der Waals surface area contributed by atoms with Crippen molar-refractivity contribution in [2.24, 2.45) is 0 Å². The minimum atomic E-state index is -4.61. The fraction of sp³-hybridized carbons (Fsp3) is 0.879. The van der Waals surface area contributed by atoms with Crippen molar-refractivity contribution in [1.82, 2.24) is 0 Å². The van der Waals surface area contributed by atoms with Crippen LogP contribution >= 0.6 is 7.82 Å². The predicted molar refractivity (Wildman–Crippen MR) is 173 cm³/mol. The summed E-state index contributed by atoms with van der Waals surface area (Å²) in [7, 11) is -4.61. The largest absolute Gasteiger partial charge is 0.472 e. The average Bonchev–Trinajstić information content (AvgIpc) is 3.00. The molecule has 0 heterocycles.